The van der Waals surface area contributed by atoms with Gasteiger partial charge in [0.15, 0.2) is 0 Å². The van der Waals surface area contributed by atoms with Crippen LogP contribution < -0.4 is 5.73 Å². The molecule has 1 amide bonds. The van der Waals surface area contributed by atoms with Crippen LogP contribution in [0.5, 0.6) is 0 Å². The minimum absolute atomic E-state index is 0.146. The first-order valence-corrected chi connectivity index (χ1v) is 6.55. The molecule has 0 aromatic carbocycles. The number of carbonyl (C=O) groups is 1. The quantitative estimate of drug-likeness (QED) is 0.774. The van der Waals surface area contributed by atoms with Crippen LogP contribution in [0.1, 0.15) is 39.5 Å². The number of rotatable bonds is 2. The second kappa shape index (κ2) is 4.36. The molecule has 0 aromatic rings. The summed E-state index contributed by atoms with van der Waals surface area (Å²) in [5.41, 5.74) is 6.23. The SMILES string of the molecule is CC(C)C(=O)N1CCC2(CC1)CC(CN)C2. The predicted molar refractivity (Wildman–Crippen MR) is 64.9 cm³/mol. The Bertz CT molecular complexity index is 259. The molecule has 1 saturated heterocycles. The number of nitrogens with zero attached hydrogens (tertiary/aromatic N) is 1. The molecule has 0 atom stereocenters. The molecule has 3 heteroatoms. The van der Waals surface area contributed by atoms with Crippen LogP contribution in [-0.2, 0) is 4.79 Å². The van der Waals surface area contributed by atoms with Crippen LogP contribution in [0.4, 0.5) is 0 Å². The highest BCUT2D eigenvalue weighted by molar-refractivity contribution is 5.78. The third kappa shape index (κ3) is 2.10. The van der Waals surface area contributed by atoms with E-state index in [-0.39, 0.29) is 5.92 Å². The van der Waals surface area contributed by atoms with Crippen LogP contribution in [0, 0.1) is 17.3 Å². The Balaban J connectivity index is 1.82. The summed E-state index contributed by atoms with van der Waals surface area (Å²) in [7, 11) is 0. The van der Waals surface area contributed by atoms with Crippen molar-refractivity contribution in [2.24, 2.45) is 23.0 Å². The lowest BCUT2D eigenvalue weighted by Gasteiger charge is -2.52. The van der Waals surface area contributed by atoms with Gasteiger partial charge in [-0.05, 0) is 43.6 Å². The van der Waals surface area contributed by atoms with Gasteiger partial charge >= 0.3 is 0 Å². The lowest BCUT2D eigenvalue weighted by atomic mass is 9.57. The summed E-state index contributed by atoms with van der Waals surface area (Å²) >= 11 is 0. The standard InChI is InChI=1S/C13H24N2O/c1-10(2)12(16)15-5-3-13(4-6-15)7-11(8-13)9-14/h10-11H,3-9,14H2,1-2H3. The fourth-order valence-electron chi connectivity index (χ4n) is 3.31. The third-order valence-corrected chi connectivity index (χ3v) is 4.41. The Morgan fingerprint density at radius 3 is 2.38 bits per heavy atom. The molecule has 0 unspecified atom stereocenters. The minimum Gasteiger partial charge on any atom is -0.342 e. The molecule has 0 radical (unpaired) electrons. The monoisotopic (exact) mass is 224 g/mol. The van der Waals surface area contributed by atoms with E-state index in [1.165, 1.54) is 25.7 Å². The van der Waals surface area contributed by atoms with Crippen molar-refractivity contribution in [3.05, 3.63) is 0 Å². The van der Waals surface area contributed by atoms with Crippen molar-refractivity contribution in [1.82, 2.24) is 4.90 Å². The first-order valence-electron chi connectivity index (χ1n) is 6.55. The summed E-state index contributed by atoms with van der Waals surface area (Å²) in [6.07, 6.45) is 4.99. The number of hydrogen-bond acceptors (Lipinski definition) is 2. The second-order valence-electron chi connectivity index (χ2n) is 5.99. The Hall–Kier alpha value is -0.570. The van der Waals surface area contributed by atoms with Gasteiger partial charge in [-0.1, -0.05) is 13.8 Å². The van der Waals surface area contributed by atoms with Crippen LogP contribution in [0.25, 0.3) is 0 Å². The highest BCUT2D eigenvalue weighted by Gasteiger charge is 2.45. The molecule has 1 saturated carbocycles. The van der Waals surface area contributed by atoms with Gasteiger partial charge < -0.3 is 10.6 Å². The highest BCUT2D eigenvalue weighted by Crippen LogP contribution is 2.52. The number of amides is 1. The Morgan fingerprint density at radius 1 is 1.38 bits per heavy atom. The maximum atomic E-state index is 11.8. The van der Waals surface area contributed by atoms with Crippen LogP contribution >= 0.6 is 0 Å². The van der Waals surface area contributed by atoms with Gasteiger partial charge in [-0.25, -0.2) is 0 Å². The summed E-state index contributed by atoms with van der Waals surface area (Å²) in [5.74, 6) is 1.23. The topological polar surface area (TPSA) is 46.3 Å². The Kier molecular flexibility index (Phi) is 3.24. The van der Waals surface area contributed by atoms with E-state index in [0.29, 0.717) is 11.3 Å². The summed E-state index contributed by atoms with van der Waals surface area (Å²) < 4.78 is 0. The Morgan fingerprint density at radius 2 is 1.94 bits per heavy atom. The molecule has 92 valence electrons. The predicted octanol–water partition coefficient (Wildman–Crippen LogP) is 1.62. The van der Waals surface area contributed by atoms with E-state index in [2.05, 4.69) is 0 Å². The van der Waals surface area contributed by atoms with Gasteiger partial charge in [0.2, 0.25) is 5.91 Å². The zero-order valence-electron chi connectivity index (χ0n) is 10.5. The van der Waals surface area contributed by atoms with Gasteiger partial charge in [0.1, 0.15) is 0 Å². The van der Waals surface area contributed by atoms with Gasteiger partial charge in [0, 0.05) is 19.0 Å². The van der Waals surface area contributed by atoms with Crippen molar-refractivity contribution < 1.29 is 4.79 Å². The van der Waals surface area contributed by atoms with Crippen molar-refractivity contribution >= 4 is 5.91 Å². The zero-order chi connectivity index (χ0) is 11.8. The van der Waals surface area contributed by atoms with Gasteiger partial charge in [-0.15, -0.1) is 0 Å². The average molecular weight is 224 g/mol. The van der Waals surface area contributed by atoms with E-state index in [4.69, 9.17) is 5.73 Å². The Labute approximate surface area is 98.4 Å². The van der Waals surface area contributed by atoms with Gasteiger partial charge in [0.05, 0.1) is 0 Å². The minimum atomic E-state index is 0.146. The average Bonchev–Trinajstić information content (AvgIpc) is 2.25. The van der Waals surface area contributed by atoms with E-state index in [1.807, 2.05) is 18.7 Å². The number of nitrogens with two attached hydrogens (primary N) is 1. The van der Waals surface area contributed by atoms with Crippen molar-refractivity contribution in [2.75, 3.05) is 19.6 Å². The first kappa shape index (κ1) is 11.9. The first-order chi connectivity index (χ1) is 7.56. The molecule has 2 aliphatic rings. The largest absolute Gasteiger partial charge is 0.342 e. The van der Waals surface area contributed by atoms with Crippen molar-refractivity contribution in [3.8, 4) is 0 Å². The molecule has 0 bridgehead atoms. The molecular weight excluding hydrogens is 200 g/mol. The molecule has 0 aromatic heterocycles. The molecule has 1 aliphatic carbocycles. The molecule has 16 heavy (non-hydrogen) atoms. The summed E-state index contributed by atoms with van der Waals surface area (Å²) in [6, 6.07) is 0. The second-order valence-corrected chi connectivity index (χ2v) is 5.99. The molecule has 3 nitrogen and oxygen atoms in total. The highest BCUT2D eigenvalue weighted by atomic mass is 16.2. The molecule has 1 spiro atoms. The van der Waals surface area contributed by atoms with E-state index in [0.717, 1.165) is 25.6 Å². The van der Waals surface area contributed by atoms with Gasteiger partial charge in [0.25, 0.3) is 0 Å². The third-order valence-electron chi connectivity index (χ3n) is 4.41. The van der Waals surface area contributed by atoms with Crippen LogP contribution in [-0.4, -0.2) is 30.4 Å². The smallest absolute Gasteiger partial charge is 0.225 e. The van der Waals surface area contributed by atoms with Gasteiger partial charge in [-0.2, -0.15) is 0 Å². The fraction of sp³-hybridized carbons (Fsp3) is 0.923. The number of carbonyl (C=O) groups excluding carboxylic acids is 1. The molecule has 2 fully saturated rings. The number of likely N-dealkylation sites (tertiary alicyclic amines) is 1. The maximum absolute atomic E-state index is 11.8. The van der Waals surface area contributed by atoms with E-state index < -0.39 is 0 Å². The number of piperidine rings is 1. The zero-order valence-corrected chi connectivity index (χ0v) is 10.5. The van der Waals surface area contributed by atoms with E-state index >= 15 is 0 Å². The van der Waals surface area contributed by atoms with Crippen LogP contribution in [0.15, 0.2) is 0 Å². The molecule has 1 heterocycles. The van der Waals surface area contributed by atoms with Crippen molar-refractivity contribution in [2.45, 2.75) is 39.5 Å². The fourth-order valence-corrected chi connectivity index (χ4v) is 3.31. The summed E-state index contributed by atoms with van der Waals surface area (Å²) in [5, 5.41) is 0. The lowest BCUT2D eigenvalue weighted by Crippen LogP contribution is -2.50. The van der Waals surface area contributed by atoms with Crippen molar-refractivity contribution in [1.29, 1.82) is 0 Å². The van der Waals surface area contributed by atoms with Crippen LogP contribution in [0.3, 0.4) is 0 Å². The van der Waals surface area contributed by atoms with Gasteiger partial charge in [-0.3, -0.25) is 4.79 Å². The van der Waals surface area contributed by atoms with Crippen molar-refractivity contribution in [3.63, 3.8) is 0 Å². The summed E-state index contributed by atoms with van der Waals surface area (Å²) in [6.45, 7) is 6.75. The maximum Gasteiger partial charge on any atom is 0.225 e. The lowest BCUT2D eigenvalue weighted by molar-refractivity contribution is -0.138. The molecule has 2 N–H and O–H groups in total. The molecular formula is C13H24N2O. The molecule has 2 rings (SSSR count). The normalized spacial score (nSPS) is 24.9. The molecule has 1 aliphatic heterocycles. The van der Waals surface area contributed by atoms with E-state index in [9.17, 15) is 4.79 Å². The van der Waals surface area contributed by atoms with Crippen LogP contribution in [0.2, 0.25) is 0 Å². The number of hydrogen-bond donors (Lipinski definition) is 1. The summed E-state index contributed by atoms with van der Waals surface area (Å²) in [4.78, 5) is 13.9. The van der Waals surface area contributed by atoms with E-state index in [1.54, 1.807) is 0 Å².